The fourth-order valence-corrected chi connectivity index (χ4v) is 2.06. The molecule has 0 aromatic heterocycles. The summed E-state index contributed by atoms with van der Waals surface area (Å²) >= 11 is 5.78. The van der Waals surface area contributed by atoms with E-state index in [1.807, 2.05) is 0 Å². The first kappa shape index (κ1) is 13.5. The van der Waals surface area contributed by atoms with E-state index < -0.39 is 0 Å². The fraction of sp³-hybridized carbons (Fsp3) is 0.750. The standard InChI is InChI=1S/C12H20ClNO2/c1-9-5-4-6-10(2)12(9)14-11(7-13)16-8-15-3/h9H,4-8H2,1-3H3/b14-11+. The topological polar surface area (TPSA) is 30.8 Å². The second kappa shape index (κ2) is 6.92. The summed E-state index contributed by atoms with van der Waals surface area (Å²) in [6.45, 7) is 4.53. The highest BCUT2D eigenvalue weighted by molar-refractivity contribution is 6.27. The Morgan fingerprint density at radius 1 is 1.56 bits per heavy atom. The minimum absolute atomic E-state index is 0.201. The molecule has 3 nitrogen and oxygen atoms in total. The lowest BCUT2D eigenvalue weighted by Gasteiger charge is -2.21. The van der Waals surface area contributed by atoms with Crippen LogP contribution < -0.4 is 0 Å². The van der Waals surface area contributed by atoms with Gasteiger partial charge >= 0.3 is 0 Å². The van der Waals surface area contributed by atoms with Gasteiger partial charge < -0.3 is 9.47 Å². The molecule has 0 aliphatic heterocycles. The van der Waals surface area contributed by atoms with Crippen LogP contribution in [0.5, 0.6) is 0 Å². The van der Waals surface area contributed by atoms with Gasteiger partial charge in [0.15, 0.2) is 6.79 Å². The molecule has 0 spiro atoms. The minimum Gasteiger partial charge on any atom is -0.453 e. The van der Waals surface area contributed by atoms with Crippen molar-refractivity contribution < 1.29 is 9.47 Å². The van der Waals surface area contributed by atoms with Crippen molar-refractivity contribution in [3.05, 3.63) is 11.3 Å². The van der Waals surface area contributed by atoms with Crippen molar-refractivity contribution in [1.82, 2.24) is 0 Å². The zero-order valence-electron chi connectivity index (χ0n) is 10.3. The first-order valence-corrected chi connectivity index (χ1v) is 6.17. The molecule has 1 aliphatic carbocycles. The van der Waals surface area contributed by atoms with Crippen LogP contribution in [-0.2, 0) is 9.47 Å². The molecule has 1 rings (SSSR count). The lowest BCUT2D eigenvalue weighted by molar-refractivity contribution is 0.0419. The van der Waals surface area contributed by atoms with Crippen LogP contribution >= 0.6 is 11.6 Å². The zero-order chi connectivity index (χ0) is 12.0. The summed E-state index contributed by atoms with van der Waals surface area (Å²) in [5.74, 6) is 1.33. The Bertz CT molecular complexity index is 287. The van der Waals surface area contributed by atoms with Gasteiger partial charge in [0, 0.05) is 12.8 Å². The monoisotopic (exact) mass is 245 g/mol. The number of nitrogens with zero attached hydrogens (tertiary/aromatic N) is 1. The van der Waals surface area contributed by atoms with E-state index in [9.17, 15) is 0 Å². The Balaban J connectivity index is 2.77. The van der Waals surface area contributed by atoms with Crippen LogP contribution in [-0.4, -0.2) is 25.7 Å². The molecule has 0 aromatic rings. The molecule has 1 unspecified atom stereocenters. The summed E-state index contributed by atoms with van der Waals surface area (Å²) in [6, 6.07) is 0. The third-order valence-corrected chi connectivity index (χ3v) is 3.02. The van der Waals surface area contributed by atoms with Gasteiger partial charge in [-0.1, -0.05) is 12.5 Å². The van der Waals surface area contributed by atoms with E-state index >= 15 is 0 Å². The molecule has 1 atom stereocenters. The Kier molecular flexibility index (Phi) is 5.85. The Labute approximate surface area is 102 Å². The lowest BCUT2D eigenvalue weighted by Crippen LogP contribution is -2.13. The number of hydrogen-bond donors (Lipinski definition) is 0. The molecular formula is C12H20ClNO2. The predicted octanol–water partition coefficient (Wildman–Crippen LogP) is 3.34. The highest BCUT2D eigenvalue weighted by Crippen LogP contribution is 2.30. The second-order valence-electron chi connectivity index (χ2n) is 4.15. The van der Waals surface area contributed by atoms with Crippen LogP contribution in [0.1, 0.15) is 33.1 Å². The van der Waals surface area contributed by atoms with Crippen LogP contribution in [0.2, 0.25) is 0 Å². The van der Waals surface area contributed by atoms with Crippen molar-refractivity contribution in [2.45, 2.75) is 33.1 Å². The molecule has 0 fully saturated rings. The van der Waals surface area contributed by atoms with Crippen LogP contribution in [0.25, 0.3) is 0 Å². The molecule has 0 N–H and O–H groups in total. The van der Waals surface area contributed by atoms with Gasteiger partial charge in [0.1, 0.15) is 0 Å². The third-order valence-electron chi connectivity index (χ3n) is 2.80. The van der Waals surface area contributed by atoms with Crippen molar-refractivity contribution >= 4 is 17.5 Å². The van der Waals surface area contributed by atoms with Crippen molar-refractivity contribution in [3.8, 4) is 0 Å². The summed E-state index contributed by atoms with van der Waals surface area (Å²) in [5.41, 5.74) is 2.49. The van der Waals surface area contributed by atoms with E-state index in [2.05, 4.69) is 18.8 Å². The van der Waals surface area contributed by atoms with Gasteiger partial charge in [-0.15, -0.1) is 11.6 Å². The molecule has 92 valence electrons. The first-order chi connectivity index (χ1) is 7.69. The van der Waals surface area contributed by atoms with E-state index in [1.165, 1.54) is 18.4 Å². The predicted molar refractivity (Wildman–Crippen MR) is 66.8 cm³/mol. The largest absolute Gasteiger partial charge is 0.453 e. The van der Waals surface area contributed by atoms with Crippen LogP contribution in [0.15, 0.2) is 16.3 Å². The molecule has 0 bridgehead atoms. The van der Waals surface area contributed by atoms with Crippen LogP contribution in [0.3, 0.4) is 0 Å². The lowest BCUT2D eigenvalue weighted by atomic mass is 9.89. The van der Waals surface area contributed by atoms with Crippen molar-refractivity contribution in [3.63, 3.8) is 0 Å². The van der Waals surface area contributed by atoms with E-state index in [-0.39, 0.29) is 12.7 Å². The van der Waals surface area contributed by atoms with E-state index in [4.69, 9.17) is 21.1 Å². The first-order valence-electron chi connectivity index (χ1n) is 5.64. The molecule has 16 heavy (non-hydrogen) atoms. The summed E-state index contributed by atoms with van der Waals surface area (Å²) in [6.07, 6.45) is 3.57. The van der Waals surface area contributed by atoms with Gasteiger partial charge in [-0.25, -0.2) is 4.99 Å². The Morgan fingerprint density at radius 2 is 2.31 bits per heavy atom. The molecular weight excluding hydrogens is 226 g/mol. The van der Waals surface area contributed by atoms with Crippen molar-refractivity contribution in [1.29, 1.82) is 0 Å². The summed E-state index contributed by atoms with van der Waals surface area (Å²) in [4.78, 5) is 4.52. The highest BCUT2D eigenvalue weighted by atomic mass is 35.5. The van der Waals surface area contributed by atoms with E-state index in [0.717, 1.165) is 12.1 Å². The van der Waals surface area contributed by atoms with Gasteiger partial charge in [-0.3, -0.25) is 0 Å². The summed E-state index contributed by atoms with van der Waals surface area (Å²) < 4.78 is 10.1. The number of methoxy groups -OCH3 is 1. The van der Waals surface area contributed by atoms with Gasteiger partial charge in [0.25, 0.3) is 0 Å². The molecule has 0 heterocycles. The normalized spacial score (nSPS) is 22.5. The highest BCUT2D eigenvalue weighted by Gasteiger charge is 2.17. The summed E-state index contributed by atoms with van der Waals surface area (Å²) in [5, 5.41) is 0. The molecule has 4 heteroatoms. The Hall–Kier alpha value is -0.540. The second-order valence-corrected chi connectivity index (χ2v) is 4.42. The third kappa shape index (κ3) is 3.80. The number of rotatable bonds is 4. The van der Waals surface area contributed by atoms with E-state index in [1.54, 1.807) is 7.11 Å². The maximum absolute atomic E-state index is 5.78. The molecule has 0 saturated carbocycles. The Morgan fingerprint density at radius 3 is 2.88 bits per heavy atom. The van der Waals surface area contributed by atoms with Gasteiger partial charge in [0.05, 0.1) is 5.88 Å². The van der Waals surface area contributed by atoms with Crippen LogP contribution in [0.4, 0.5) is 0 Å². The maximum atomic E-state index is 5.78. The van der Waals surface area contributed by atoms with Crippen molar-refractivity contribution in [2.75, 3.05) is 19.8 Å². The van der Waals surface area contributed by atoms with Gasteiger partial charge in [-0.05, 0) is 32.1 Å². The quantitative estimate of drug-likeness (QED) is 0.329. The fourth-order valence-electron chi connectivity index (χ4n) is 1.93. The van der Waals surface area contributed by atoms with Gasteiger partial charge in [-0.2, -0.15) is 0 Å². The number of halogens is 1. The number of allylic oxidation sites excluding steroid dienone is 2. The maximum Gasteiger partial charge on any atom is 0.205 e. The molecule has 0 radical (unpaired) electrons. The molecule has 1 aliphatic rings. The van der Waals surface area contributed by atoms with Gasteiger partial charge in [0.2, 0.25) is 5.90 Å². The molecule has 0 amide bonds. The zero-order valence-corrected chi connectivity index (χ0v) is 11.0. The smallest absolute Gasteiger partial charge is 0.205 e. The average molecular weight is 246 g/mol. The number of aliphatic imine (C=N–C) groups is 1. The summed E-state index contributed by atoms with van der Waals surface area (Å²) in [7, 11) is 1.58. The number of ether oxygens (including phenoxy) is 2. The SMILES string of the molecule is COCO/C(CCl)=N/C1=C(C)CCCC1C. The van der Waals surface area contributed by atoms with Crippen molar-refractivity contribution in [2.24, 2.45) is 10.9 Å². The minimum atomic E-state index is 0.201. The number of hydrogen-bond acceptors (Lipinski definition) is 3. The van der Waals surface area contributed by atoms with Crippen LogP contribution in [0, 0.1) is 5.92 Å². The molecule has 0 saturated heterocycles. The number of alkyl halides is 1. The average Bonchev–Trinajstić information content (AvgIpc) is 2.28. The molecule has 0 aromatic carbocycles. The van der Waals surface area contributed by atoms with E-state index in [0.29, 0.717) is 11.8 Å².